The maximum absolute atomic E-state index is 12.1. The molecular formula is C18H27N5O3. The van der Waals surface area contributed by atoms with Crippen LogP contribution in [-0.4, -0.2) is 42.1 Å². The number of hydrogen-bond donors (Lipinski definition) is 5. The van der Waals surface area contributed by atoms with Gasteiger partial charge in [-0.05, 0) is 43.2 Å². The number of benzene rings is 1. The molecule has 0 aromatic heterocycles. The predicted molar refractivity (Wildman–Crippen MR) is 99.6 cm³/mol. The number of carbonyl (C=O) groups excluding carboxylic acids is 1. The molecular weight excluding hydrogens is 334 g/mol. The van der Waals surface area contributed by atoms with E-state index < -0.39 is 12.0 Å². The normalized spacial score (nSPS) is 17.0. The summed E-state index contributed by atoms with van der Waals surface area (Å²) in [5.74, 6) is -1.42. The highest BCUT2D eigenvalue weighted by molar-refractivity contribution is 5.84. The Hall–Kier alpha value is -2.61. The van der Waals surface area contributed by atoms with Crippen molar-refractivity contribution in [2.24, 2.45) is 16.5 Å². The molecule has 8 heteroatoms. The fourth-order valence-electron chi connectivity index (χ4n) is 3.19. The minimum Gasteiger partial charge on any atom is -0.480 e. The summed E-state index contributed by atoms with van der Waals surface area (Å²) in [4.78, 5) is 27.3. The molecule has 0 bridgehead atoms. The second kappa shape index (κ2) is 9.76. The van der Waals surface area contributed by atoms with Crippen LogP contribution in [0.15, 0.2) is 29.3 Å². The average Bonchev–Trinajstić information content (AvgIpc) is 2.62. The number of hydrogen-bond acceptors (Lipinski definition) is 4. The summed E-state index contributed by atoms with van der Waals surface area (Å²) in [6, 6.07) is 7.38. The molecule has 0 saturated heterocycles. The number of nitrogens with two attached hydrogens (primary N) is 2. The summed E-state index contributed by atoms with van der Waals surface area (Å²) in [5.41, 5.74) is 13.0. The Morgan fingerprint density at radius 1 is 1.31 bits per heavy atom. The topological polar surface area (TPSA) is 143 Å². The number of nitrogens with one attached hydrogen (secondary N) is 2. The van der Waals surface area contributed by atoms with Crippen molar-refractivity contribution in [1.82, 2.24) is 10.6 Å². The van der Waals surface area contributed by atoms with Gasteiger partial charge in [-0.15, -0.1) is 0 Å². The Kier molecular flexibility index (Phi) is 7.40. The van der Waals surface area contributed by atoms with E-state index in [1.54, 1.807) is 0 Å². The predicted octanol–water partition coefficient (Wildman–Crippen LogP) is 0.277. The van der Waals surface area contributed by atoms with Crippen LogP contribution in [0.2, 0.25) is 0 Å². The zero-order valence-electron chi connectivity index (χ0n) is 14.8. The first-order valence-corrected chi connectivity index (χ1v) is 8.86. The Morgan fingerprint density at radius 3 is 2.81 bits per heavy atom. The summed E-state index contributed by atoms with van der Waals surface area (Å²) in [6.45, 7) is 0.412. The van der Waals surface area contributed by atoms with Crippen molar-refractivity contribution in [2.45, 2.75) is 44.2 Å². The third-order valence-corrected chi connectivity index (χ3v) is 4.46. The molecule has 1 aliphatic rings. The second-order valence-corrected chi connectivity index (χ2v) is 6.43. The van der Waals surface area contributed by atoms with E-state index in [1.807, 2.05) is 12.1 Å². The van der Waals surface area contributed by atoms with Crippen LogP contribution >= 0.6 is 0 Å². The highest BCUT2D eigenvalue weighted by Gasteiger charge is 2.22. The zero-order valence-corrected chi connectivity index (χ0v) is 14.8. The molecule has 0 saturated carbocycles. The molecule has 2 atom stereocenters. The van der Waals surface area contributed by atoms with Gasteiger partial charge in [-0.1, -0.05) is 24.3 Å². The van der Waals surface area contributed by atoms with E-state index in [0.717, 1.165) is 19.3 Å². The minimum atomic E-state index is -1.06. The molecule has 1 aromatic carbocycles. The summed E-state index contributed by atoms with van der Waals surface area (Å²) >= 11 is 0. The van der Waals surface area contributed by atoms with Crippen molar-refractivity contribution in [3.63, 3.8) is 0 Å². The second-order valence-electron chi connectivity index (χ2n) is 6.43. The van der Waals surface area contributed by atoms with Gasteiger partial charge < -0.3 is 27.2 Å². The number of rotatable bonds is 9. The van der Waals surface area contributed by atoms with Gasteiger partial charge in [-0.25, -0.2) is 4.79 Å². The minimum absolute atomic E-state index is 0.0297. The number of carbonyl (C=O) groups is 2. The maximum Gasteiger partial charge on any atom is 0.326 e. The van der Waals surface area contributed by atoms with Crippen LogP contribution in [0.25, 0.3) is 0 Å². The first-order valence-electron chi connectivity index (χ1n) is 8.86. The molecule has 0 heterocycles. The van der Waals surface area contributed by atoms with Gasteiger partial charge in [0.2, 0.25) is 5.91 Å². The van der Waals surface area contributed by atoms with Gasteiger partial charge in [0.15, 0.2) is 5.96 Å². The molecule has 2 rings (SSSR count). The number of guanidine groups is 1. The molecule has 1 aliphatic carbocycles. The Balaban J connectivity index is 1.81. The molecule has 8 nitrogen and oxygen atoms in total. The van der Waals surface area contributed by atoms with Crippen LogP contribution in [0.5, 0.6) is 0 Å². The lowest BCUT2D eigenvalue weighted by Gasteiger charge is -2.26. The Labute approximate surface area is 153 Å². The smallest absolute Gasteiger partial charge is 0.326 e. The molecule has 142 valence electrons. The molecule has 0 fully saturated rings. The number of carboxylic acid groups (broad SMARTS) is 1. The van der Waals surface area contributed by atoms with E-state index in [-0.39, 0.29) is 30.9 Å². The number of carboxylic acids is 1. The van der Waals surface area contributed by atoms with Crippen molar-refractivity contribution in [2.75, 3.05) is 13.1 Å². The maximum atomic E-state index is 12.1. The Morgan fingerprint density at radius 2 is 2.08 bits per heavy atom. The van der Waals surface area contributed by atoms with E-state index in [4.69, 9.17) is 11.5 Å². The number of amides is 1. The number of nitrogens with zero attached hydrogens (tertiary/aromatic N) is 1. The summed E-state index contributed by atoms with van der Waals surface area (Å²) < 4.78 is 0. The Bertz CT molecular complexity index is 658. The van der Waals surface area contributed by atoms with Gasteiger partial charge in [0.1, 0.15) is 6.04 Å². The molecule has 7 N–H and O–H groups in total. The van der Waals surface area contributed by atoms with E-state index in [9.17, 15) is 14.7 Å². The highest BCUT2D eigenvalue weighted by atomic mass is 16.4. The van der Waals surface area contributed by atoms with Crippen LogP contribution in [0.4, 0.5) is 0 Å². The lowest BCUT2D eigenvalue weighted by atomic mass is 9.88. The number of aliphatic carboxylic acids is 1. The largest absolute Gasteiger partial charge is 0.480 e. The highest BCUT2D eigenvalue weighted by Crippen LogP contribution is 2.29. The summed E-state index contributed by atoms with van der Waals surface area (Å²) in [7, 11) is 0. The summed E-state index contributed by atoms with van der Waals surface area (Å²) in [5, 5.41) is 15.1. The SMILES string of the molecule is NC(N)=NCCCC(NC(=O)CNC1CCCc2ccccc21)C(=O)O. The van der Waals surface area contributed by atoms with Crippen molar-refractivity contribution < 1.29 is 14.7 Å². The van der Waals surface area contributed by atoms with E-state index in [2.05, 4.69) is 27.8 Å². The molecule has 26 heavy (non-hydrogen) atoms. The fourth-order valence-corrected chi connectivity index (χ4v) is 3.19. The number of aliphatic imine (C=N–C) groups is 1. The monoisotopic (exact) mass is 361 g/mol. The van der Waals surface area contributed by atoms with Crippen molar-refractivity contribution in [3.05, 3.63) is 35.4 Å². The molecule has 2 unspecified atom stereocenters. The van der Waals surface area contributed by atoms with Gasteiger partial charge in [-0.3, -0.25) is 9.79 Å². The van der Waals surface area contributed by atoms with Crippen LogP contribution in [0, 0.1) is 0 Å². The molecule has 1 aromatic rings. The quantitative estimate of drug-likeness (QED) is 0.243. The number of aryl methyl sites for hydroxylation is 1. The van der Waals surface area contributed by atoms with Crippen molar-refractivity contribution in [3.8, 4) is 0 Å². The molecule has 1 amide bonds. The van der Waals surface area contributed by atoms with Crippen LogP contribution in [-0.2, 0) is 16.0 Å². The zero-order chi connectivity index (χ0) is 18.9. The first-order chi connectivity index (χ1) is 12.5. The first kappa shape index (κ1) is 19.7. The molecule has 0 spiro atoms. The van der Waals surface area contributed by atoms with Gasteiger partial charge in [-0.2, -0.15) is 0 Å². The van der Waals surface area contributed by atoms with Gasteiger partial charge >= 0.3 is 5.97 Å². The van der Waals surface area contributed by atoms with E-state index in [0.29, 0.717) is 13.0 Å². The van der Waals surface area contributed by atoms with Crippen LogP contribution < -0.4 is 22.1 Å². The standard InChI is InChI=1S/C18H27N5O3/c19-18(20)21-10-4-9-15(17(25)26)23-16(24)11-22-14-8-3-6-12-5-1-2-7-13(12)14/h1-2,5,7,14-15,22H,3-4,6,8-11H2,(H,23,24)(H,25,26)(H4,19,20,21). The van der Waals surface area contributed by atoms with E-state index >= 15 is 0 Å². The third kappa shape index (κ3) is 6.03. The molecule has 0 radical (unpaired) electrons. The third-order valence-electron chi connectivity index (χ3n) is 4.46. The van der Waals surface area contributed by atoms with Gasteiger partial charge in [0, 0.05) is 12.6 Å². The van der Waals surface area contributed by atoms with Crippen LogP contribution in [0.3, 0.4) is 0 Å². The van der Waals surface area contributed by atoms with Crippen molar-refractivity contribution in [1.29, 1.82) is 0 Å². The van der Waals surface area contributed by atoms with Gasteiger partial charge in [0.05, 0.1) is 6.54 Å². The molecule has 0 aliphatic heterocycles. The summed E-state index contributed by atoms with van der Waals surface area (Å²) in [6.07, 6.45) is 3.82. The average molecular weight is 361 g/mol. The number of fused-ring (bicyclic) bond motifs is 1. The lowest BCUT2D eigenvalue weighted by Crippen LogP contribution is -2.45. The van der Waals surface area contributed by atoms with Gasteiger partial charge in [0.25, 0.3) is 0 Å². The fraction of sp³-hybridized carbons (Fsp3) is 0.500. The van der Waals surface area contributed by atoms with Crippen molar-refractivity contribution >= 4 is 17.8 Å². The lowest BCUT2D eigenvalue weighted by molar-refractivity contribution is -0.141. The van der Waals surface area contributed by atoms with Crippen LogP contribution in [0.1, 0.15) is 42.9 Å². The van der Waals surface area contributed by atoms with E-state index in [1.165, 1.54) is 11.1 Å².